The summed E-state index contributed by atoms with van der Waals surface area (Å²) in [5.74, 6) is -1.09. The van der Waals surface area contributed by atoms with Crippen LogP contribution in [0.3, 0.4) is 0 Å². The van der Waals surface area contributed by atoms with Crippen LogP contribution in [0.4, 0.5) is 23.2 Å². The molecule has 0 aliphatic heterocycles. The first kappa shape index (κ1) is 24.5. The number of benzene rings is 1. The summed E-state index contributed by atoms with van der Waals surface area (Å²) >= 11 is 11.4. The van der Waals surface area contributed by atoms with Crippen molar-refractivity contribution in [1.82, 2.24) is 15.1 Å². The standard InChI is InChI=1S/C18H16Cl2F4N4O3/c1-10(27-16-13(20)7-26-28(17(16)30)9-18(22,23)24)4-5-25-15(29)8-31-11-2-3-12(19)14(21)6-11/h2-3,6-7,27H,1,4-5,8-9H2,(H,25,29). The molecule has 168 valence electrons. The molecular formula is C18H16Cl2F4N4O3. The molecule has 2 N–H and O–H groups in total. The van der Waals surface area contributed by atoms with E-state index in [1.807, 2.05) is 0 Å². The van der Waals surface area contributed by atoms with Crippen molar-refractivity contribution in [3.05, 3.63) is 62.9 Å². The molecule has 0 spiro atoms. The number of ether oxygens (including phenoxy) is 1. The third-order valence-electron chi connectivity index (χ3n) is 3.64. The lowest BCUT2D eigenvalue weighted by molar-refractivity contribution is -0.143. The molecule has 0 saturated heterocycles. The summed E-state index contributed by atoms with van der Waals surface area (Å²) in [7, 11) is 0. The van der Waals surface area contributed by atoms with Crippen molar-refractivity contribution in [3.8, 4) is 5.75 Å². The number of hydrogen-bond acceptors (Lipinski definition) is 5. The maximum Gasteiger partial charge on any atom is 0.408 e. The van der Waals surface area contributed by atoms with Gasteiger partial charge in [0.15, 0.2) is 6.61 Å². The summed E-state index contributed by atoms with van der Waals surface area (Å²) in [5, 5.41) is 8.14. The number of aromatic nitrogens is 2. The normalized spacial score (nSPS) is 11.2. The van der Waals surface area contributed by atoms with E-state index in [0.717, 1.165) is 12.3 Å². The van der Waals surface area contributed by atoms with E-state index in [0.29, 0.717) is 0 Å². The minimum Gasteiger partial charge on any atom is -0.484 e. The van der Waals surface area contributed by atoms with Gasteiger partial charge in [0.05, 0.1) is 16.2 Å². The van der Waals surface area contributed by atoms with Gasteiger partial charge in [-0.1, -0.05) is 29.8 Å². The lowest BCUT2D eigenvalue weighted by Gasteiger charge is -2.14. The first-order valence-electron chi connectivity index (χ1n) is 8.58. The highest BCUT2D eigenvalue weighted by atomic mass is 35.5. The Morgan fingerprint density at radius 1 is 1.26 bits per heavy atom. The van der Waals surface area contributed by atoms with E-state index >= 15 is 0 Å². The molecule has 0 radical (unpaired) electrons. The van der Waals surface area contributed by atoms with Gasteiger partial charge < -0.3 is 15.4 Å². The average Bonchev–Trinajstić information content (AvgIpc) is 2.67. The Balaban J connectivity index is 1.84. The molecule has 1 aromatic carbocycles. The molecule has 2 aromatic rings. The zero-order valence-electron chi connectivity index (χ0n) is 15.7. The third-order valence-corrected chi connectivity index (χ3v) is 4.23. The first-order valence-corrected chi connectivity index (χ1v) is 9.33. The van der Waals surface area contributed by atoms with Crippen LogP contribution in [0.25, 0.3) is 0 Å². The highest BCUT2D eigenvalue weighted by Crippen LogP contribution is 2.21. The Bertz CT molecular complexity index is 1030. The van der Waals surface area contributed by atoms with E-state index < -0.39 is 30.0 Å². The maximum atomic E-state index is 13.3. The summed E-state index contributed by atoms with van der Waals surface area (Å²) in [6, 6.07) is 3.71. The largest absolute Gasteiger partial charge is 0.484 e. The number of carbonyl (C=O) groups is 1. The molecule has 1 heterocycles. The Morgan fingerprint density at radius 3 is 2.61 bits per heavy atom. The van der Waals surface area contributed by atoms with Crippen LogP contribution in [0.15, 0.2) is 41.5 Å². The first-order chi connectivity index (χ1) is 14.5. The number of alkyl halides is 3. The summed E-state index contributed by atoms with van der Waals surface area (Å²) in [4.78, 5) is 23.9. The Kier molecular flexibility index (Phi) is 8.28. The fraction of sp³-hybridized carbons (Fsp3) is 0.278. The van der Waals surface area contributed by atoms with Crippen molar-refractivity contribution < 1.29 is 27.1 Å². The van der Waals surface area contributed by atoms with Crippen LogP contribution in [0.2, 0.25) is 10.0 Å². The molecule has 7 nitrogen and oxygen atoms in total. The molecule has 0 atom stereocenters. The zero-order chi connectivity index (χ0) is 23.2. The predicted octanol–water partition coefficient (Wildman–Crippen LogP) is 3.76. The molecule has 0 bridgehead atoms. The highest BCUT2D eigenvalue weighted by molar-refractivity contribution is 6.33. The molecule has 0 unspecified atom stereocenters. The predicted molar refractivity (Wildman–Crippen MR) is 107 cm³/mol. The molecule has 31 heavy (non-hydrogen) atoms. The number of halogens is 6. The van der Waals surface area contributed by atoms with Gasteiger partial charge in [0.1, 0.15) is 23.8 Å². The summed E-state index contributed by atoms with van der Waals surface area (Å²) in [5.41, 5.74) is -1.17. The smallest absolute Gasteiger partial charge is 0.408 e. The SMILES string of the molecule is C=C(CCNC(=O)COc1ccc(Cl)c(F)c1)Nc1c(Cl)cnn(CC(F)(F)F)c1=O. The van der Waals surface area contributed by atoms with Crippen LogP contribution in [-0.2, 0) is 11.3 Å². The van der Waals surface area contributed by atoms with Gasteiger partial charge in [0.2, 0.25) is 0 Å². The van der Waals surface area contributed by atoms with E-state index in [9.17, 15) is 27.2 Å². The van der Waals surface area contributed by atoms with Gasteiger partial charge in [0.25, 0.3) is 11.5 Å². The van der Waals surface area contributed by atoms with Crippen LogP contribution in [-0.4, -0.2) is 35.0 Å². The lowest BCUT2D eigenvalue weighted by atomic mass is 10.3. The molecular weight excluding hydrogens is 467 g/mol. The van der Waals surface area contributed by atoms with E-state index in [2.05, 4.69) is 22.3 Å². The maximum absolute atomic E-state index is 13.3. The summed E-state index contributed by atoms with van der Waals surface area (Å²) < 4.78 is 56.2. The van der Waals surface area contributed by atoms with Crippen molar-refractivity contribution in [2.75, 3.05) is 18.5 Å². The van der Waals surface area contributed by atoms with Crippen molar-refractivity contribution in [2.45, 2.75) is 19.1 Å². The second-order valence-corrected chi connectivity index (χ2v) is 6.95. The fourth-order valence-electron chi connectivity index (χ4n) is 2.22. The van der Waals surface area contributed by atoms with Crippen molar-refractivity contribution in [1.29, 1.82) is 0 Å². The second-order valence-electron chi connectivity index (χ2n) is 6.14. The number of nitrogens with zero attached hydrogens (tertiary/aromatic N) is 2. The van der Waals surface area contributed by atoms with Gasteiger partial charge in [-0.05, 0) is 12.1 Å². The number of carbonyl (C=O) groups excluding carboxylic acids is 1. The number of rotatable bonds is 9. The summed E-state index contributed by atoms with van der Waals surface area (Å²) in [6.07, 6.45) is -3.61. The molecule has 0 fully saturated rings. The van der Waals surface area contributed by atoms with Crippen LogP contribution < -0.4 is 20.9 Å². The molecule has 2 rings (SSSR count). The number of anilines is 1. The van der Waals surface area contributed by atoms with E-state index in [-0.39, 0.29) is 51.4 Å². The molecule has 0 aliphatic carbocycles. The van der Waals surface area contributed by atoms with Gasteiger partial charge in [-0.15, -0.1) is 0 Å². The number of hydrogen-bond donors (Lipinski definition) is 2. The number of amides is 1. The Hall–Kier alpha value is -2.79. The molecule has 13 heteroatoms. The third kappa shape index (κ3) is 7.76. The van der Waals surface area contributed by atoms with Crippen molar-refractivity contribution >= 4 is 34.8 Å². The zero-order valence-corrected chi connectivity index (χ0v) is 17.2. The monoisotopic (exact) mass is 482 g/mol. The number of nitrogens with one attached hydrogen (secondary N) is 2. The second kappa shape index (κ2) is 10.5. The van der Waals surface area contributed by atoms with Crippen molar-refractivity contribution in [3.63, 3.8) is 0 Å². The van der Waals surface area contributed by atoms with Crippen molar-refractivity contribution in [2.24, 2.45) is 0 Å². The average molecular weight is 483 g/mol. The Morgan fingerprint density at radius 2 is 1.97 bits per heavy atom. The molecule has 1 amide bonds. The van der Waals surface area contributed by atoms with E-state index in [4.69, 9.17) is 27.9 Å². The molecule has 1 aromatic heterocycles. The minimum absolute atomic E-state index is 0.0719. The van der Waals surface area contributed by atoms with Gasteiger partial charge in [-0.2, -0.15) is 18.3 Å². The quantitative estimate of drug-likeness (QED) is 0.531. The topological polar surface area (TPSA) is 85.2 Å². The lowest BCUT2D eigenvalue weighted by Crippen LogP contribution is -2.32. The Labute approximate surface area is 183 Å². The minimum atomic E-state index is -4.64. The van der Waals surface area contributed by atoms with Crippen LogP contribution >= 0.6 is 23.2 Å². The molecule has 0 saturated carbocycles. The van der Waals surface area contributed by atoms with E-state index in [1.165, 1.54) is 12.1 Å². The van der Waals surface area contributed by atoms with Gasteiger partial charge >= 0.3 is 6.18 Å². The van der Waals surface area contributed by atoms with Crippen LogP contribution in [0, 0.1) is 5.82 Å². The van der Waals surface area contributed by atoms with Gasteiger partial charge in [0, 0.05) is 24.7 Å². The fourth-order valence-corrected chi connectivity index (χ4v) is 2.51. The highest BCUT2D eigenvalue weighted by Gasteiger charge is 2.29. The van der Waals surface area contributed by atoms with Crippen LogP contribution in [0.5, 0.6) is 5.75 Å². The van der Waals surface area contributed by atoms with Crippen LogP contribution in [0.1, 0.15) is 6.42 Å². The van der Waals surface area contributed by atoms with E-state index in [1.54, 1.807) is 0 Å². The molecule has 0 aliphatic rings. The summed E-state index contributed by atoms with van der Waals surface area (Å²) in [6.45, 7) is 1.76. The van der Waals surface area contributed by atoms with Gasteiger partial charge in [-0.25, -0.2) is 9.07 Å². The van der Waals surface area contributed by atoms with Gasteiger partial charge in [-0.3, -0.25) is 9.59 Å².